The van der Waals surface area contributed by atoms with Gasteiger partial charge in [-0.2, -0.15) is 0 Å². The fourth-order valence-corrected chi connectivity index (χ4v) is 3.09. The van der Waals surface area contributed by atoms with Crippen molar-refractivity contribution in [3.05, 3.63) is 0 Å². The first-order chi connectivity index (χ1) is 4.36. The van der Waals surface area contributed by atoms with Crippen molar-refractivity contribution in [3.8, 4) is 0 Å². The van der Waals surface area contributed by atoms with E-state index in [0.29, 0.717) is 6.04 Å². The molecule has 1 nitrogen and oxygen atoms in total. The number of rotatable bonds is 0. The van der Waals surface area contributed by atoms with Crippen LogP contribution < -0.4 is 5.73 Å². The van der Waals surface area contributed by atoms with E-state index >= 15 is 0 Å². The molecule has 0 radical (unpaired) electrons. The molecular weight excluding hydrogens is 110 g/mol. The minimum absolute atomic E-state index is 0.627. The zero-order chi connectivity index (χ0) is 6.01. The smallest absolute Gasteiger partial charge is 0.0105 e. The molecule has 4 fully saturated rings. The molecule has 50 valence electrons. The molecule has 9 heavy (non-hydrogen) atoms. The second kappa shape index (κ2) is 1.20. The monoisotopic (exact) mass is 123 g/mol. The molecule has 2 N–H and O–H groups in total. The van der Waals surface area contributed by atoms with Crippen molar-refractivity contribution in [2.75, 3.05) is 0 Å². The molecule has 0 spiro atoms. The summed E-state index contributed by atoms with van der Waals surface area (Å²) in [5.74, 6) is 4.13. The third-order valence-electron chi connectivity index (χ3n) is 3.71. The Hall–Kier alpha value is -0.0400. The lowest BCUT2D eigenvalue weighted by molar-refractivity contribution is 0.102. The molecule has 3 atom stereocenters. The average molecular weight is 123 g/mol. The lowest BCUT2D eigenvalue weighted by atomic mass is 9.65. The molecule has 4 aliphatic carbocycles. The highest BCUT2D eigenvalue weighted by molar-refractivity contribution is 5.12. The summed E-state index contributed by atoms with van der Waals surface area (Å²) < 4.78 is 0. The molecule has 0 aliphatic heterocycles. The number of nitrogens with two attached hydrogens (primary N) is 1. The van der Waals surface area contributed by atoms with Crippen LogP contribution in [0.4, 0.5) is 0 Å². The number of hydrogen-bond acceptors (Lipinski definition) is 1. The molecule has 4 rings (SSSR count). The fourth-order valence-electron chi connectivity index (χ4n) is 3.09. The third-order valence-corrected chi connectivity index (χ3v) is 3.71. The Morgan fingerprint density at radius 1 is 1.11 bits per heavy atom. The fraction of sp³-hybridized carbons (Fsp3) is 1.00. The molecule has 4 aliphatic rings. The summed E-state index contributed by atoms with van der Waals surface area (Å²) in [6, 6.07) is 0.627. The summed E-state index contributed by atoms with van der Waals surface area (Å²) >= 11 is 0. The van der Waals surface area contributed by atoms with Crippen LogP contribution in [0.15, 0.2) is 0 Å². The molecule has 0 amide bonds. The maximum absolute atomic E-state index is 5.89. The first kappa shape index (κ1) is 4.73. The van der Waals surface area contributed by atoms with Gasteiger partial charge < -0.3 is 5.73 Å². The zero-order valence-electron chi connectivity index (χ0n) is 5.59. The predicted molar refractivity (Wildman–Crippen MR) is 35.8 cm³/mol. The Morgan fingerprint density at radius 2 is 1.89 bits per heavy atom. The largest absolute Gasteiger partial charge is 0.327 e. The first-order valence-corrected chi connectivity index (χ1v) is 4.12. The molecule has 2 bridgehead atoms. The highest BCUT2D eigenvalue weighted by Crippen LogP contribution is 2.62. The van der Waals surface area contributed by atoms with E-state index < -0.39 is 0 Å². The van der Waals surface area contributed by atoms with Crippen molar-refractivity contribution in [2.45, 2.75) is 25.3 Å². The van der Waals surface area contributed by atoms with Gasteiger partial charge in [-0.25, -0.2) is 0 Å². The molecule has 3 unspecified atom stereocenters. The van der Waals surface area contributed by atoms with E-state index in [4.69, 9.17) is 5.73 Å². The van der Waals surface area contributed by atoms with Gasteiger partial charge in [0.2, 0.25) is 0 Å². The Balaban J connectivity index is 1.88. The average Bonchev–Trinajstić information content (AvgIpc) is 2.42. The maximum Gasteiger partial charge on any atom is 0.0105 e. The van der Waals surface area contributed by atoms with Crippen LogP contribution in [-0.4, -0.2) is 6.04 Å². The van der Waals surface area contributed by atoms with E-state index in [1.807, 2.05) is 0 Å². The molecule has 0 heterocycles. The topological polar surface area (TPSA) is 26.0 Å². The second-order valence-electron chi connectivity index (χ2n) is 4.15. The quantitative estimate of drug-likeness (QED) is 0.510. The molecule has 4 saturated carbocycles. The van der Waals surface area contributed by atoms with Crippen LogP contribution in [0.2, 0.25) is 0 Å². The van der Waals surface area contributed by atoms with Crippen LogP contribution in [0.25, 0.3) is 0 Å². The number of hydrogen-bond donors (Lipinski definition) is 1. The van der Waals surface area contributed by atoms with Gasteiger partial charge in [-0.3, -0.25) is 0 Å². The van der Waals surface area contributed by atoms with E-state index in [9.17, 15) is 0 Å². The predicted octanol–water partition coefficient (Wildman–Crippen LogP) is 0.990. The van der Waals surface area contributed by atoms with Crippen LogP contribution in [0.3, 0.4) is 0 Å². The summed E-state index contributed by atoms with van der Waals surface area (Å²) in [5, 5.41) is 0. The first-order valence-electron chi connectivity index (χ1n) is 4.12. The van der Waals surface area contributed by atoms with E-state index in [2.05, 4.69) is 0 Å². The van der Waals surface area contributed by atoms with Crippen molar-refractivity contribution < 1.29 is 0 Å². The Labute approximate surface area is 55.6 Å². The van der Waals surface area contributed by atoms with Crippen molar-refractivity contribution >= 4 is 0 Å². The summed E-state index contributed by atoms with van der Waals surface area (Å²) in [4.78, 5) is 0. The van der Waals surface area contributed by atoms with Crippen molar-refractivity contribution in [3.63, 3.8) is 0 Å². The van der Waals surface area contributed by atoms with Crippen LogP contribution in [0, 0.1) is 23.7 Å². The normalized spacial score (nSPS) is 68.3. The lowest BCUT2D eigenvalue weighted by Crippen LogP contribution is -2.30. The van der Waals surface area contributed by atoms with Gasteiger partial charge in [-0.05, 0) is 42.9 Å². The van der Waals surface area contributed by atoms with E-state index in [1.165, 1.54) is 19.3 Å². The molecule has 0 aromatic carbocycles. The van der Waals surface area contributed by atoms with Crippen LogP contribution in [-0.2, 0) is 0 Å². The second-order valence-corrected chi connectivity index (χ2v) is 4.15. The van der Waals surface area contributed by atoms with Gasteiger partial charge in [0.25, 0.3) is 0 Å². The molecule has 0 saturated heterocycles. The molecular formula is C8H13N. The summed E-state index contributed by atoms with van der Waals surface area (Å²) in [6.45, 7) is 0. The van der Waals surface area contributed by atoms with Crippen molar-refractivity contribution in [2.24, 2.45) is 29.4 Å². The minimum atomic E-state index is 0.627. The van der Waals surface area contributed by atoms with Crippen LogP contribution >= 0.6 is 0 Å². The molecule has 0 aromatic heterocycles. The van der Waals surface area contributed by atoms with Gasteiger partial charge in [0, 0.05) is 6.04 Å². The van der Waals surface area contributed by atoms with Crippen molar-refractivity contribution in [1.82, 2.24) is 0 Å². The van der Waals surface area contributed by atoms with Gasteiger partial charge in [-0.1, -0.05) is 0 Å². The minimum Gasteiger partial charge on any atom is -0.327 e. The third kappa shape index (κ3) is 0.420. The summed E-state index contributed by atoms with van der Waals surface area (Å²) in [5.41, 5.74) is 5.89. The SMILES string of the molecule is NC1C2CC3CC(C3)C12. The molecule has 1 heteroatoms. The maximum atomic E-state index is 5.89. The molecule has 0 aromatic rings. The highest BCUT2D eigenvalue weighted by atomic mass is 14.8. The standard InChI is InChI=1S/C8H13N/c9-8-6-3-4-1-5(2-4)7(6)8/h4-8H,1-3,9H2. The van der Waals surface area contributed by atoms with Crippen LogP contribution in [0.1, 0.15) is 19.3 Å². The lowest BCUT2D eigenvalue weighted by Gasteiger charge is -2.40. The zero-order valence-corrected chi connectivity index (χ0v) is 5.59. The Kier molecular flexibility index (Phi) is 0.628. The summed E-state index contributed by atoms with van der Waals surface area (Å²) in [7, 11) is 0. The van der Waals surface area contributed by atoms with Crippen LogP contribution in [0.5, 0.6) is 0 Å². The van der Waals surface area contributed by atoms with Gasteiger partial charge in [-0.15, -0.1) is 0 Å². The van der Waals surface area contributed by atoms with E-state index in [1.54, 1.807) is 0 Å². The van der Waals surface area contributed by atoms with E-state index in [0.717, 1.165) is 23.7 Å². The van der Waals surface area contributed by atoms with E-state index in [-0.39, 0.29) is 0 Å². The Bertz CT molecular complexity index is 147. The van der Waals surface area contributed by atoms with Gasteiger partial charge in [0.1, 0.15) is 0 Å². The highest BCUT2D eigenvalue weighted by Gasteiger charge is 2.60. The van der Waals surface area contributed by atoms with Gasteiger partial charge in [0.05, 0.1) is 0 Å². The Morgan fingerprint density at radius 3 is 2.33 bits per heavy atom. The van der Waals surface area contributed by atoms with Crippen molar-refractivity contribution in [1.29, 1.82) is 0 Å². The van der Waals surface area contributed by atoms with Gasteiger partial charge in [0.15, 0.2) is 0 Å². The van der Waals surface area contributed by atoms with Gasteiger partial charge >= 0.3 is 0 Å². The summed E-state index contributed by atoms with van der Waals surface area (Å²) in [6.07, 6.45) is 4.52.